The van der Waals surface area contributed by atoms with E-state index in [1.54, 1.807) is 94.8 Å². The van der Waals surface area contributed by atoms with E-state index in [-0.39, 0.29) is 53.8 Å². The van der Waals surface area contributed by atoms with E-state index in [0.29, 0.717) is 82.5 Å². The number of rotatable bonds is 16. The number of piperidine rings is 1. The van der Waals surface area contributed by atoms with Gasteiger partial charge in [0.2, 0.25) is 11.8 Å². The molecule has 8 rings (SSSR count). The molecule has 20 nitrogen and oxygen atoms in total. The Bertz CT molecular complexity index is 3330. The molecule has 0 spiro atoms. The standard InChI is InChI=1S/C52H44N14O6/c1-31(22-53)49(67)64-40-7-4-8-42(21-40)72-50-45(47(57)59-30-61-50)38-25-62-66(27-38)26-33-5-3-6-35(19-33)52(69)70-28-37-20-43(14-11-36(37)24-55)71-41-12-9-34(10-13-41)44-46(56)58-29-60-48(44)63-39-15-17-65(18-16-39)51(68)32(2)23-54/h3-14,19-21,25,27,29-31,39H,2,15-18,26,28H2,1H3,(H,64,67)(H2,57,59,61)(H3,56,58,60,63). The number of nitrogens with one attached hydrogen (secondary N) is 2. The smallest absolute Gasteiger partial charge is 0.338 e. The molecule has 20 heteroatoms. The van der Waals surface area contributed by atoms with Crippen LogP contribution in [0.25, 0.3) is 22.3 Å². The van der Waals surface area contributed by atoms with Gasteiger partial charge in [-0.15, -0.1) is 0 Å². The highest BCUT2D eigenvalue weighted by atomic mass is 16.5. The second-order valence-corrected chi connectivity index (χ2v) is 16.5. The van der Waals surface area contributed by atoms with Gasteiger partial charge in [-0.3, -0.25) is 14.3 Å². The fraction of sp³-hybridized carbons (Fsp3) is 0.173. The third-order valence-corrected chi connectivity index (χ3v) is 11.5. The molecule has 358 valence electrons. The van der Waals surface area contributed by atoms with Crippen molar-refractivity contribution in [2.45, 2.75) is 39.0 Å². The van der Waals surface area contributed by atoms with Crippen molar-refractivity contribution >= 4 is 40.9 Å². The SMILES string of the molecule is C=C(C#N)C(=O)N1CCC(Nc2ncnc(N)c2-c2ccc(Oc3ccc(C#N)c(COC(=O)c4cccc(Cn5cc(-c6c(N)ncnc6Oc6cccc(NC(=O)C(C)C#N)c6)cn5)c4)c3)cc2)CC1. The lowest BCUT2D eigenvalue weighted by Gasteiger charge is -2.32. The van der Waals surface area contributed by atoms with E-state index in [4.69, 9.17) is 36.2 Å². The minimum atomic E-state index is -0.841. The number of nitrogens with two attached hydrogens (primary N) is 2. The number of hydrogen-bond acceptors (Lipinski definition) is 17. The van der Waals surface area contributed by atoms with E-state index in [0.717, 1.165) is 11.1 Å². The summed E-state index contributed by atoms with van der Waals surface area (Å²) < 4.78 is 19.6. The molecule has 1 fully saturated rings. The monoisotopic (exact) mass is 960 g/mol. The minimum Gasteiger partial charge on any atom is -0.457 e. The number of benzene rings is 4. The maximum absolute atomic E-state index is 13.4. The molecule has 1 aliphatic heterocycles. The third kappa shape index (κ3) is 11.4. The lowest BCUT2D eigenvalue weighted by Crippen LogP contribution is -2.42. The first-order chi connectivity index (χ1) is 34.9. The van der Waals surface area contributed by atoms with Gasteiger partial charge in [0.1, 0.15) is 71.5 Å². The molecule has 0 bridgehead atoms. The van der Waals surface area contributed by atoms with Crippen LogP contribution in [0.2, 0.25) is 0 Å². The van der Waals surface area contributed by atoms with Gasteiger partial charge in [0.15, 0.2) is 0 Å². The largest absolute Gasteiger partial charge is 0.457 e. The van der Waals surface area contributed by atoms with Gasteiger partial charge in [-0.05, 0) is 85.5 Å². The van der Waals surface area contributed by atoms with Gasteiger partial charge in [0.05, 0.1) is 47.1 Å². The number of carbonyl (C=O) groups is 3. The van der Waals surface area contributed by atoms with Gasteiger partial charge in [-0.2, -0.15) is 20.9 Å². The zero-order valence-corrected chi connectivity index (χ0v) is 38.7. The number of aromatic nitrogens is 6. The number of nitriles is 3. The van der Waals surface area contributed by atoms with Crippen molar-refractivity contribution in [3.8, 4) is 63.6 Å². The average molecular weight is 961 g/mol. The second-order valence-electron chi connectivity index (χ2n) is 16.5. The molecule has 0 aliphatic carbocycles. The molecule has 4 heterocycles. The minimum absolute atomic E-state index is 0.00297. The molecular formula is C52H44N14O6. The molecule has 1 saturated heterocycles. The van der Waals surface area contributed by atoms with Crippen molar-refractivity contribution in [1.29, 1.82) is 15.8 Å². The Morgan fingerprint density at radius 2 is 1.56 bits per heavy atom. The average Bonchev–Trinajstić information content (AvgIpc) is 3.85. The van der Waals surface area contributed by atoms with Crippen LogP contribution in [0.15, 0.2) is 128 Å². The zero-order chi connectivity index (χ0) is 50.7. The molecule has 6 N–H and O–H groups in total. The number of carbonyl (C=O) groups excluding carboxylic acids is 3. The van der Waals surface area contributed by atoms with Crippen LogP contribution >= 0.6 is 0 Å². The number of nitrogens with zero attached hydrogens (tertiary/aromatic N) is 10. The zero-order valence-electron chi connectivity index (χ0n) is 38.7. The van der Waals surface area contributed by atoms with Gasteiger partial charge < -0.3 is 41.2 Å². The first-order valence-electron chi connectivity index (χ1n) is 22.3. The first kappa shape index (κ1) is 48.3. The summed E-state index contributed by atoms with van der Waals surface area (Å²) in [4.78, 5) is 56.9. The van der Waals surface area contributed by atoms with Crippen LogP contribution < -0.4 is 31.6 Å². The Hall–Kier alpha value is -10.1. The van der Waals surface area contributed by atoms with Gasteiger partial charge in [0.25, 0.3) is 5.91 Å². The summed E-state index contributed by atoms with van der Waals surface area (Å²) in [6.07, 6.45) is 7.24. The molecule has 3 aromatic heterocycles. The summed E-state index contributed by atoms with van der Waals surface area (Å²) in [5.74, 6) is 0.0847. The van der Waals surface area contributed by atoms with Crippen molar-refractivity contribution < 1.29 is 28.6 Å². The first-order valence-corrected chi connectivity index (χ1v) is 22.3. The molecule has 0 radical (unpaired) electrons. The molecule has 2 amide bonds. The van der Waals surface area contributed by atoms with Crippen molar-refractivity contribution in [3.05, 3.63) is 150 Å². The fourth-order valence-corrected chi connectivity index (χ4v) is 7.72. The molecule has 4 aromatic carbocycles. The third-order valence-electron chi connectivity index (χ3n) is 11.5. The summed E-state index contributed by atoms with van der Waals surface area (Å²) in [5, 5.41) is 38.7. The number of nitrogen functional groups attached to an aromatic ring is 2. The summed E-state index contributed by atoms with van der Waals surface area (Å²) in [6, 6.07) is 31.4. The van der Waals surface area contributed by atoms with E-state index in [1.807, 2.05) is 30.3 Å². The lowest BCUT2D eigenvalue weighted by atomic mass is 10.0. The fourth-order valence-electron chi connectivity index (χ4n) is 7.72. The van der Waals surface area contributed by atoms with Gasteiger partial charge in [-0.25, -0.2) is 24.7 Å². The quantitative estimate of drug-likeness (QED) is 0.0416. The van der Waals surface area contributed by atoms with Crippen LogP contribution in [0, 0.1) is 39.9 Å². The number of anilines is 4. The predicted octanol–water partition coefficient (Wildman–Crippen LogP) is 7.40. The lowest BCUT2D eigenvalue weighted by molar-refractivity contribution is -0.127. The van der Waals surface area contributed by atoms with Crippen molar-refractivity contribution in [2.75, 3.05) is 35.2 Å². The summed E-state index contributed by atoms with van der Waals surface area (Å²) in [5.41, 5.74) is 17.1. The normalized spacial score (nSPS) is 12.6. The molecule has 1 aliphatic rings. The Balaban J connectivity index is 0.886. The van der Waals surface area contributed by atoms with Crippen LogP contribution in [-0.2, 0) is 27.5 Å². The highest BCUT2D eigenvalue weighted by Crippen LogP contribution is 2.37. The Morgan fingerprint density at radius 3 is 2.31 bits per heavy atom. The summed E-state index contributed by atoms with van der Waals surface area (Å²) in [6.45, 7) is 6.02. The van der Waals surface area contributed by atoms with Gasteiger partial charge in [-0.1, -0.05) is 36.9 Å². The molecule has 7 aromatic rings. The van der Waals surface area contributed by atoms with Crippen molar-refractivity contribution in [1.82, 2.24) is 34.6 Å². The van der Waals surface area contributed by atoms with E-state index < -0.39 is 17.8 Å². The maximum Gasteiger partial charge on any atom is 0.338 e. The van der Waals surface area contributed by atoms with E-state index in [9.17, 15) is 19.6 Å². The van der Waals surface area contributed by atoms with E-state index >= 15 is 0 Å². The molecule has 72 heavy (non-hydrogen) atoms. The molecular weight excluding hydrogens is 917 g/mol. The number of esters is 1. The maximum atomic E-state index is 13.4. The van der Waals surface area contributed by atoms with Crippen LogP contribution in [-0.4, -0.2) is 71.5 Å². The highest BCUT2D eigenvalue weighted by molar-refractivity contribution is 5.96. The Kier molecular flexibility index (Phi) is 14.7. The highest BCUT2D eigenvalue weighted by Gasteiger charge is 2.26. The van der Waals surface area contributed by atoms with Crippen LogP contribution in [0.1, 0.15) is 46.8 Å². The number of likely N-dealkylation sites (tertiary alicyclic amines) is 1. The summed E-state index contributed by atoms with van der Waals surface area (Å²) >= 11 is 0. The molecule has 1 atom stereocenters. The van der Waals surface area contributed by atoms with Crippen molar-refractivity contribution in [2.24, 2.45) is 5.92 Å². The van der Waals surface area contributed by atoms with E-state index in [2.05, 4.69) is 48.3 Å². The predicted molar refractivity (Wildman–Crippen MR) is 263 cm³/mol. The molecule has 0 saturated carbocycles. The summed E-state index contributed by atoms with van der Waals surface area (Å²) in [7, 11) is 0. The second kappa shape index (κ2) is 21.9. The van der Waals surface area contributed by atoms with Gasteiger partial charge in [0, 0.05) is 48.2 Å². The van der Waals surface area contributed by atoms with E-state index in [1.165, 1.54) is 19.6 Å². The van der Waals surface area contributed by atoms with Crippen LogP contribution in [0.5, 0.6) is 23.1 Å². The van der Waals surface area contributed by atoms with Crippen LogP contribution in [0.4, 0.5) is 23.1 Å². The Morgan fingerprint density at radius 1 is 0.833 bits per heavy atom. The number of ether oxygens (including phenoxy) is 3. The number of hydrogen-bond donors (Lipinski definition) is 4. The van der Waals surface area contributed by atoms with Gasteiger partial charge >= 0.3 is 5.97 Å². The molecule has 1 unspecified atom stereocenters. The van der Waals surface area contributed by atoms with Crippen LogP contribution in [0.3, 0.4) is 0 Å². The van der Waals surface area contributed by atoms with Crippen molar-refractivity contribution in [3.63, 3.8) is 0 Å². The number of amides is 2. The topological polar surface area (TPSA) is 299 Å². The Labute approximate surface area is 412 Å².